The lowest BCUT2D eigenvalue weighted by atomic mass is 9.79. The highest BCUT2D eigenvalue weighted by Crippen LogP contribution is 2.36. The quantitative estimate of drug-likeness (QED) is 0.0316. The summed E-state index contributed by atoms with van der Waals surface area (Å²) in [5.74, 6) is -4.57. The van der Waals surface area contributed by atoms with Crippen molar-refractivity contribution in [3.63, 3.8) is 0 Å². The smallest absolute Gasteiger partial charge is 0.333 e. The van der Waals surface area contributed by atoms with Crippen LogP contribution in [0.4, 0.5) is 0 Å². The number of nitrogens with one attached hydrogen (secondary N) is 5. The molecule has 2 aliphatic rings. The lowest BCUT2D eigenvalue weighted by Gasteiger charge is -2.27. The van der Waals surface area contributed by atoms with Crippen LogP contribution >= 0.6 is 0 Å². The highest BCUT2D eigenvalue weighted by Gasteiger charge is 2.32. The first-order valence-electron chi connectivity index (χ1n) is 24.8. The molecule has 0 heterocycles. The minimum absolute atomic E-state index is 0.113. The summed E-state index contributed by atoms with van der Waals surface area (Å²) in [5.41, 5.74) is 2.89. The summed E-state index contributed by atoms with van der Waals surface area (Å²) in [7, 11) is 0. The van der Waals surface area contributed by atoms with Crippen molar-refractivity contribution in [3.05, 3.63) is 108 Å². The van der Waals surface area contributed by atoms with E-state index >= 15 is 0 Å². The van der Waals surface area contributed by atoms with Gasteiger partial charge in [-0.3, -0.25) is 28.8 Å². The van der Waals surface area contributed by atoms with E-state index in [1.807, 2.05) is 50.3 Å². The third-order valence-electron chi connectivity index (χ3n) is 11.4. The zero-order chi connectivity index (χ0) is 50.3. The number of allylic oxidation sites excluding steroid dienone is 5. The number of unbranched alkanes of at least 4 members (excludes halogenated alkanes) is 2. The maximum Gasteiger partial charge on any atom is 0.333 e. The molecule has 2 aromatic carbocycles. The molecule has 2 aliphatic carbocycles. The number of amides is 5. The van der Waals surface area contributed by atoms with Gasteiger partial charge in [-0.2, -0.15) is 0 Å². The molecule has 0 aliphatic heterocycles. The minimum Gasteiger partial charge on any atom is -0.458 e. The van der Waals surface area contributed by atoms with Crippen LogP contribution in [-0.2, 0) is 44.7 Å². The normalized spacial score (nSPS) is 15.0. The lowest BCUT2D eigenvalue weighted by molar-refractivity contribution is -0.158. The Morgan fingerprint density at radius 2 is 1.38 bits per heavy atom. The average Bonchev–Trinajstić information content (AvgIpc) is 3.30. The zero-order valence-corrected chi connectivity index (χ0v) is 42.0. The molecule has 3 atom stereocenters. The maximum absolute atomic E-state index is 13.8. The van der Waals surface area contributed by atoms with E-state index in [4.69, 9.17) is 4.74 Å². The van der Waals surface area contributed by atoms with Crippen LogP contribution in [0.15, 0.2) is 91.1 Å². The summed E-state index contributed by atoms with van der Waals surface area (Å²) in [6, 6.07) is 12.8. The van der Waals surface area contributed by atoms with Crippen LogP contribution in [0.1, 0.15) is 173 Å². The zero-order valence-electron chi connectivity index (χ0n) is 42.0. The van der Waals surface area contributed by atoms with Gasteiger partial charge in [0.25, 0.3) is 5.91 Å². The van der Waals surface area contributed by atoms with Crippen molar-refractivity contribution >= 4 is 41.3 Å². The number of rotatable bonds is 23. The molecule has 2 aromatic rings. The van der Waals surface area contributed by atoms with Crippen LogP contribution < -0.4 is 26.6 Å². The molecule has 68 heavy (non-hydrogen) atoms. The lowest BCUT2D eigenvalue weighted by Crippen LogP contribution is -2.55. The van der Waals surface area contributed by atoms with Crippen LogP contribution in [-0.4, -0.2) is 72.1 Å². The predicted octanol–water partition coefficient (Wildman–Crippen LogP) is 8.88. The number of hydrogen-bond donors (Lipinski definition) is 5. The van der Waals surface area contributed by atoms with Gasteiger partial charge in [0.15, 0.2) is 6.04 Å². The first kappa shape index (κ1) is 58.3. The standard InChI is InChI=1S/C41H57N5O8.C8H12.C6H12/c1-6-8-10-22-33(47)42-25-34(48)44-32(24-27-16-13-21-30(23-27)28-19-14-20-28)38(51)45-31(15-7-2)37(50)39(52)43-26-35(49)46-36(29-17-11-9-12-18-29)40(53)54-41(3,4)5;1-4-6-7-8(3)5-2;1-2-4-6-5-3-1/h9,11-13,16-18,21,23,28,31-32,36H,6-8,10,14-15,19-20,22,24-26H2,1-5H3,(H,42,47)(H,43,52)(H,44,48)(H,45,51)(H,46,49);4-7H,1H2,2-3H3;1-6H2/b;7-6-,8-5-;. The first-order chi connectivity index (χ1) is 32.5. The second-order valence-corrected chi connectivity index (χ2v) is 18.5. The van der Waals surface area contributed by atoms with Crippen LogP contribution in [0.5, 0.6) is 0 Å². The van der Waals surface area contributed by atoms with Gasteiger partial charge in [-0.25, -0.2) is 4.79 Å². The molecule has 2 saturated carbocycles. The van der Waals surface area contributed by atoms with E-state index in [0.29, 0.717) is 30.7 Å². The Hall–Kier alpha value is -5.85. The summed E-state index contributed by atoms with van der Waals surface area (Å²) in [6.45, 7) is 15.6. The molecule has 13 heteroatoms. The fourth-order valence-electron chi connectivity index (χ4n) is 7.32. The monoisotopic (exact) mass is 940 g/mol. The van der Waals surface area contributed by atoms with Crippen LogP contribution in [0.3, 0.4) is 0 Å². The number of carbonyl (C=O) groups is 7. The van der Waals surface area contributed by atoms with Crippen molar-refractivity contribution in [3.8, 4) is 0 Å². The van der Waals surface area contributed by atoms with Gasteiger partial charge < -0.3 is 31.3 Å². The van der Waals surface area contributed by atoms with E-state index in [2.05, 4.69) is 46.2 Å². The molecule has 4 rings (SSSR count). The van der Waals surface area contributed by atoms with E-state index in [1.165, 1.54) is 44.1 Å². The maximum atomic E-state index is 13.8. The largest absolute Gasteiger partial charge is 0.458 e. The Kier molecular flexibility index (Phi) is 28.1. The number of esters is 1. The van der Waals surface area contributed by atoms with Gasteiger partial charge in [0.05, 0.1) is 19.1 Å². The highest BCUT2D eigenvalue weighted by molar-refractivity contribution is 6.38. The van der Waals surface area contributed by atoms with Crippen molar-refractivity contribution in [2.45, 2.75) is 181 Å². The van der Waals surface area contributed by atoms with E-state index in [9.17, 15) is 33.6 Å². The van der Waals surface area contributed by atoms with Crippen LogP contribution in [0, 0.1) is 0 Å². The van der Waals surface area contributed by atoms with Gasteiger partial charge in [-0.05, 0) is 82.9 Å². The molecular formula is C55H81N5O8. The molecule has 0 radical (unpaired) electrons. The van der Waals surface area contributed by atoms with E-state index in [0.717, 1.165) is 43.2 Å². The van der Waals surface area contributed by atoms with Gasteiger partial charge in [-0.1, -0.05) is 169 Å². The average molecular weight is 940 g/mol. The summed E-state index contributed by atoms with van der Waals surface area (Å²) >= 11 is 0. The first-order valence-corrected chi connectivity index (χ1v) is 24.8. The second kappa shape index (κ2) is 32.8. The second-order valence-electron chi connectivity index (χ2n) is 18.5. The Balaban J connectivity index is 0.000000969. The van der Waals surface area contributed by atoms with Gasteiger partial charge in [0.1, 0.15) is 11.6 Å². The van der Waals surface area contributed by atoms with Gasteiger partial charge in [0, 0.05) is 12.8 Å². The number of carbonyl (C=O) groups excluding carboxylic acids is 7. The third kappa shape index (κ3) is 24.3. The van der Waals surface area contributed by atoms with Gasteiger partial charge >= 0.3 is 5.97 Å². The van der Waals surface area contributed by atoms with Gasteiger partial charge in [0.2, 0.25) is 29.4 Å². The van der Waals surface area contributed by atoms with Crippen molar-refractivity contribution in [2.24, 2.45) is 0 Å². The fourth-order valence-corrected chi connectivity index (χ4v) is 7.32. The Morgan fingerprint density at radius 3 is 1.94 bits per heavy atom. The molecule has 2 fully saturated rings. The fraction of sp³-hybridized carbons (Fsp3) is 0.545. The summed E-state index contributed by atoms with van der Waals surface area (Å²) in [4.78, 5) is 91.3. The Morgan fingerprint density at radius 1 is 0.750 bits per heavy atom. The molecule has 0 saturated heterocycles. The minimum atomic E-state index is -1.25. The molecule has 13 nitrogen and oxygen atoms in total. The van der Waals surface area contributed by atoms with Crippen molar-refractivity contribution in [1.82, 2.24) is 26.6 Å². The molecule has 0 bridgehead atoms. The molecule has 0 spiro atoms. The molecule has 3 unspecified atom stereocenters. The summed E-state index contributed by atoms with van der Waals surface area (Å²) in [5, 5.41) is 12.8. The number of Topliss-reactive ketones (excluding diaryl/α,β-unsaturated/α-hetero) is 1. The van der Waals surface area contributed by atoms with Crippen LogP contribution in [0.2, 0.25) is 0 Å². The summed E-state index contributed by atoms with van der Waals surface area (Å²) in [6.07, 6.45) is 23.6. The SMILES string of the molecule is C1CCCCC1.C=C/C=C\C(C)=C/C.CCCCCC(=O)NCC(=O)NC(Cc1cccc(C2CCC2)c1)C(=O)NC(CCC)C(=O)C(=O)NCC(=O)NC(C(=O)OC(C)(C)C)c1ccccc1. The van der Waals surface area contributed by atoms with Gasteiger partial charge in [-0.15, -0.1) is 0 Å². The topological polar surface area (TPSA) is 189 Å². The predicted molar refractivity (Wildman–Crippen MR) is 270 cm³/mol. The Bertz CT molecular complexity index is 1950. The van der Waals surface area contributed by atoms with E-state index in [-0.39, 0.29) is 25.3 Å². The highest BCUT2D eigenvalue weighted by atomic mass is 16.6. The number of ketones is 1. The number of hydrogen-bond acceptors (Lipinski definition) is 8. The van der Waals surface area contributed by atoms with Crippen molar-refractivity contribution < 1.29 is 38.3 Å². The molecule has 5 amide bonds. The Labute approximate surface area is 406 Å². The van der Waals surface area contributed by atoms with Crippen molar-refractivity contribution in [1.29, 1.82) is 0 Å². The van der Waals surface area contributed by atoms with E-state index in [1.54, 1.807) is 64.1 Å². The molecule has 374 valence electrons. The number of benzene rings is 2. The van der Waals surface area contributed by atoms with Crippen molar-refractivity contribution in [2.75, 3.05) is 13.1 Å². The van der Waals surface area contributed by atoms with Crippen LogP contribution in [0.25, 0.3) is 0 Å². The molecule has 0 aromatic heterocycles. The number of ether oxygens (including phenoxy) is 1. The van der Waals surface area contributed by atoms with E-state index < -0.39 is 65.7 Å². The summed E-state index contributed by atoms with van der Waals surface area (Å²) < 4.78 is 5.48. The molecule has 5 N–H and O–H groups in total. The third-order valence-corrected chi connectivity index (χ3v) is 11.4. The molecular weight excluding hydrogens is 859 g/mol.